The van der Waals surface area contributed by atoms with E-state index in [-0.39, 0.29) is 0 Å². The van der Waals surface area contributed by atoms with E-state index in [0.29, 0.717) is 18.1 Å². The van der Waals surface area contributed by atoms with Crippen molar-refractivity contribution in [3.8, 4) is 0 Å². The van der Waals surface area contributed by atoms with Crippen molar-refractivity contribution in [1.29, 1.82) is 0 Å². The fourth-order valence-corrected chi connectivity index (χ4v) is 2.06. The van der Waals surface area contributed by atoms with Crippen LogP contribution >= 0.6 is 0 Å². The van der Waals surface area contributed by atoms with Crippen LogP contribution in [0.5, 0.6) is 0 Å². The molecule has 0 spiro atoms. The van der Waals surface area contributed by atoms with Gasteiger partial charge in [0.05, 0.1) is 6.33 Å². The van der Waals surface area contributed by atoms with E-state index in [1.165, 1.54) is 22.4 Å². The van der Waals surface area contributed by atoms with Crippen LogP contribution in [0.4, 0.5) is 0 Å². The molecule has 1 heterocycles. The largest absolute Gasteiger partial charge is 0.478 e. The Morgan fingerprint density at radius 2 is 1.78 bits per heavy atom. The van der Waals surface area contributed by atoms with Gasteiger partial charge in [0.2, 0.25) is 0 Å². The number of hydrogen-bond acceptors (Lipinski definition) is 3. The van der Waals surface area contributed by atoms with Crippen LogP contribution in [0.25, 0.3) is 0 Å². The molecule has 1 aromatic carbocycles. The maximum atomic E-state index is 9.55. The summed E-state index contributed by atoms with van der Waals surface area (Å²) in [5.41, 5.74) is 5.27. The number of imidazole rings is 1. The zero-order valence-electron chi connectivity index (χ0n) is 13.3. The standard InChI is InChI=1S/C13H16N2.C4H4O4/c1-9-5-4-6-12(10(9)2)11(3)13-7-14-8-15-13;5-3(6)1-2-4(7)8/h4-8,11H,1-3H3,(H,14,15);1-2H,(H,5,6)(H,7,8)/b;2-1+/t11-;/m0./s1. The van der Waals surface area contributed by atoms with Crippen LogP contribution in [-0.4, -0.2) is 32.1 Å². The molecule has 2 aromatic rings. The second kappa shape index (κ2) is 8.53. The molecule has 0 fully saturated rings. The average molecular weight is 316 g/mol. The van der Waals surface area contributed by atoms with Gasteiger partial charge in [0, 0.05) is 30.0 Å². The van der Waals surface area contributed by atoms with E-state index >= 15 is 0 Å². The number of aliphatic carboxylic acids is 2. The summed E-state index contributed by atoms with van der Waals surface area (Å²) in [6.45, 7) is 6.53. The van der Waals surface area contributed by atoms with E-state index in [1.807, 2.05) is 6.20 Å². The van der Waals surface area contributed by atoms with Gasteiger partial charge in [0.1, 0.15) is 0 Å². The summed E-state index contributed by atoms with van der Waals surface area (Å²) < 4.78 is 0. The molecule has 0 radical (unpaired) electrons. The molecule has 6 heteroatoms. The number of carbonyl (C=O) groups is 2. The van der Waals surface area contributed by atoms with Crippen LogP contribution in [0.2, 0.25) is 0 Å². The molecular weight excluding hydrogens is 296 g/mol. The van der Waals surface area contributed by atoms with Gasteiger partial charge in [-0.15, -0.1) is 0 Å². The van der Waals surface area contributed by atoms with Gasteiger partial charge in [0.15, 0.2) is 0 Å². The molecule has 122 valence electrons. The minimum atomic E-state index is -1.26. The van der Waals surface area contributed by atoms with Crippen molar-refractivity contribution in [3.63, 3.8) is 0 Å². The third kappa shape index (κ3) is 5.78. The summed E-state index contributed by atoms with van der Waals surface area (Å²) in [6, 6.07) is 6.46. The third-order valence-electron chi connectivity index (χ3n) is 3.47. The molecule has 2 rings (SSSR count). The molecule has 0 saturated heterocycles. The minimum Gasteiger partial charge on any atom is -0.478 e. The van der Waals surface area contributed by atoms with Gasteiger partial charge in [-0.05, 0) is 30.5 Å². The summed E-state index contributed by atoms with van der Waals surface area (Å²) in [5, 5.41) is 15.6. The Morgan fingerprint density at radius 3 is 2.26 bits per heavy atom. The molecule has 0 bridgehead atoms. The molecule has 1 atom stereocenters. The number of aromatic amines is 1. The van der Waals surface area contributed by atoms with Crippen molar-refractivity contribution >= 4 is 11.9 Å². The molecule has 0 amide bonds. The Balaban J connectivity index is 0.000000284. The Labute approximate surface area is 134 Å². The van der Waals surface area contributed by atoms with Crippen molar-refractivity contribution in [2.45, 2.75) is 26.7 Å². The smallest absolute Gasteiger partial charge is 0.328 e. The molecule has 0 saturated carbocycles. The first-order valence-corrected chi connectivity index (χ1v) is 7.01. The highest BCUT2D eigenvalue weighted by Crippen LogP contribution is 2.26. The van der Waals surface area contributed by atoms with Crippen LogP contribution in [0.15, 0.2) is 42.9 Å². The molecule has 0 aliphatic carbocycles. The van der Waals surface area contributed by atoms with Crippen LogP contribution in [0, 0.1) is 13.8 Å². The lowest BCUT2D eigenvalue weighted by atomic mass is 9.92. The Bertz CT molecular complexity index is 675. The normalized spacial score (nSPS) is 11.6. The third-order valence-corrected chi connectivity index (χ3v) is 3.47. The van der Waals surface area contributed by atoms with Crippen molar-refractivity contribution in [3.05, 3.63) is 65.3 Å². The highest BCUT2D eigenvalue weighted by molar-refractivity contribution is 5.89. The lowest BCUT2D eigenvalue weighted by Gasteiger charge is -2.14. The first-order valence-electron chi connectivity index (χ1n) is 7.01. The summed E-state index contributed by atoms with van der Waals surface area (Å²) in [7, 11) is 0. The molecule has 3 N–H and O–H groups in total. The van der Waals surface area contributed by atoms with E-state index in [2.05, 4.69) is 48.9 Å². The highest BCUT2D eigenvalue weighted by Gasteiger charge is 2.12. The highest BCUT2D eigenvalue weighted by atomic mass is 16.4. The van der Waals surface area contributed by atoms with Gasteiger partial charge in [0.25, 0.3) is 0 Å². The molecule has 0 aliphatic rings. The van der Waals surface area contributed by atoms with Crippen molar-refractivity contribution in [2.75, 3.05) is 0 Å². The van der Waals surface area contributed by atoms with E-state index in [9.17, 15) is 9.59 Å². The number of nitrogens with one attached hydrogen (secondary N) is 1. The first kappa shape index (κ1) is 18.2. The van der Waals surface area contributed by atoms with Crippen molar-refractivity contribution in [2.24, 2.45) is 0 Å². The summed E-state index contributed by atoms with van der Waals surface area (Å²) >= 11 is 0. The summed E-state index contributed by atoms with van der Waals surface area (Å²) in [4.78, 5) is 26.3. The predicted molar refractivity (Wildman–Crippen MR) is 86.4 cm³/mol. The van der Waals surface area contributed by atoms with Gasteiger partial charge in [-0.3, -0.25) is 0 Å². The van der Waals surface area contributed by atoms with E-state index < -0.39 is 11.9 Å². The topological polar surface area (TPSA) is 103 Å². The van der Waals surface area contributed by atoms with Crippen molar-refractivity contribution < 1.29 is 19.8 Å². The summed E-state index contributed by atoms with van der Waals surface area (Å²) in [6.07, 6.45) is 4.74. The number of H-pyrrole nitrogens is 1. The second-order valence-electron chi connectivity index (χ2n) is 5.03. The molecule has 1 aromatic heterocycles. The number of benzene rings is 1. The Morgan fingerprint density at radius 1 is 1.17 bits per heavy atom. The average Bonchev–Trinajstić information content (AvgIpc) is 3.02. The lowest BCUT2D eigenvalue weighted by molar-refractivity contribution is -0.134. The number of carboxylic acids is 2. The summed E-state index contributed by atoms with van der Waals surface area (Å²) in [5.74, 6) is -2.13. The molecule has 0 aliphatic heterocycles. The maximum Gasteiger partial charge on any atom is 0.328 e. The van der Waals surface area contributed by atoms with Crippen LogP contribution < -0.4 is 0 Å². The number of nitrogens with zero attached hydrogens (tertiary/aromatic N) is 1. The number of aryl methyl sites for hydroxylation is 1. The van der Waals surface area contributed by atoms with Gasteiger partial charge in [-0.25, -0.2) is 14.6 Å². The molecule has 23 heavy (non-hydrogen) atoms. The maximum absolute atomic E-state index is 9.55. The monoisotopic (exact) mass is 316 g/mol. The minimum absolute atomic E-state index is 0.382. The Hall–Kier alpha value is -2.89. The number of carboxylic acid groups (broad SMARTS) is 2. The van der Waals surface area contributed by atoms with Gasteiger partial charge >= 0.3 is 11.9 Å². The number of hydrogen-bond donors (Lipinski definition) is 3. The fraction of sp³-hybridized carbons (Fsp3) is 0.235. The zero-order valence-corrected chi connectivity index (χ0v) is 13.3. The van der Waals surface area contributed by atoms with Crippen LogP contribution in [-0.2, 0) is 9.59 Å². The molecular formula is C17H20N2O4. The van der Waals surface area contributed by atoms with E-state index in [0.717, 1.165) is 0 Å². The second-order valence-corrected chi connectivity index (χ2v) is 5.03. The fourth-order valence-electron chi connectivity index (χ4n) is 2.06. The SMILES string of the molecule is Cc1cccc([C@H](C)c2cnc[nH]2)c1C.O=C(O)/C=C/C(=O)O. The van der Waals surface area contributed by atoms with E-state index in [4.69, 9.17) is 10.2 Å². The molecule has 6 nitrogen and oxygen atoms in total. The number of rotatable bonds is 4. The van der Waals surface area contributed by atoms with Crippen LogP contribution in [0.1, 0.15) is 35.2 Å². The number of aromatic nitrogens is 2. The van der Waals surface area contributed by atoms with Crippen molar-refractivity contribution in [1.82, 2.24) is 9.97 Å². The van der Waals surface area contributed by atoms with Gasteiger partial charge < -0.3 is 15.2 Å². The van der Waals surface area contributed by atoms with Crippen LogP contribution in [0.3, 0.4) is 0 Å². The lowest BCUT2D eigenvalue weighted by Crippen LogP contribution is -2.00. The predicted octanol–water partition coefficient (Wildman–Crippen LogP) is 2.89. The zero-order chi connectivity index (χ0) is 17.4. The molecule has 0 unspecified atom stereocenters. The quantitative estimate of drug-likeness (QED) is 0.752. The van der Waals surface area contributed by atoms with E-state index in [1.54, 1.807) is 6.33 Å². The first-order chi connectivity index (χ1) is 10.8. The van der Waals surface area contributed by atoms with Gasteiger partial charge in [-0.1, -0.05) is 25.1 Å². The Kier molecular flexibility index (Phi) is 6.73. The van der Waals surface area contributed by atoms with Gasteiger partial charge in [-0.2, -0.15) is 0 Å².